The van der Waals surface area contributed by atoms with Gasteiger partial charge in [-0.15, -0.1) is 0 Å². The molecule has 7 heteroatoms. The Morgan fingerprint density at radius 3 is 2.80 bits per heavy atom. The van der Waals surface area contributed by atoms with E-state index in [1.165, 1.54) is 25.3 Å². The quantitative estimate of drug-likeness (QED) is 0.514. The van der Waals surface area contributed by atoms with Gasteiger partial charge in [-0.2, -0.15) is 0 Å². The number of rotatable bonds is 3. The number of hydrogen-bond donors (Lipinski definition) is 2. The van der Waals surface area contributed by atoms with Gasteiger partial charge in [-0.25, -0.2) is 4.39 Å². The van der Waals surface area contributed by atoms with E-state index in [9.17, 15) is 14.0 Å². The fourth-order valence-corrected chi connectivity index (χ4v) is 3.91. The Morgan fingerprint density at radius 1 is 1.13 bits per heavy atom. The maximum absolute atomic E-state index is 13.6. The third-order valence-electron chi connectivity index (χ3n) is 5.33. The fraction of sp³-hybridized carbons (Fsp3) is 0.130. The van der Waals surface area contributed by atoms with Gasteiger partial charge in [0.25, 0.3) is 0 Å². The van der Waals surface area contributed by atoms with Gasteiger partial charge in [0.15, 0.2) is 0 Å². The molecule has 1 aromatic heterocycles. The summed E-state index contributed by atoms with van der Waals surface area (Å²) in [5.41, 5.74) is 2.65. The molecule has 150 valence electrons. The minimum atomic E-state index is -0.745. The van der Waals surface area contributed by atoms with E-state index in [2.05, 4.69) is 10.6 Å². The number of fused-ring (bicyclic) bond motifs is 4. The van der Waals surface area contributed by atoms with Crippen molar-refractivity contribution in [3.63, 3.8) is 0 Å². The van der Waals surface area contributed by atoms with E-state index in [0.29, 0.717) is 28.3 Å². The smallest absolute Gasteiger partial charge is 0.232 e. The molecule has 0 saturated carbocycles. The molecule has 1 aliphatic heterocycles. The van der Waals surface area contributed by atoms with Gasteiger partial charge in [0.1, 0.15) is 22.7 Å². The van der Waals surface area contributed by atoms with Crippen molar-refractivity contribution in [2.24, 2.45) is 0 Å². The first kappa shape index (κ1) is 18.2. The molecular formula is C23H17FN2O4. The SMILES string of the molecule is COc1cc2c(cc1NC(=O)C1CC(=O)Nc3cc(F)ccc31)oc1ccccc12. The first-order valence-corrected chi connectivity index (χ1v) is 9.43. The van der Waals surface area contributed by atoms with E-state index in [1.54, 1.807) is 6.07 Å². The van der Waals surface area contributed by atoms with Gasteiger partial charge >= 0.3 is 0 Å². The Kier molecular flexibility index (Phi) is 4.17. The number of furan rings is 1. The third kappa shape index (κ3) is 2.95. The van der Waals surface area contributed by atoms with Gasteiger partial charge in [-0.3, -0.25) is 9.59 Å². The molecule has 0 fully saturated rings. The first-order valence-electron chi connectivity index (χ1n) is 9.43. The molecule has 30 heavy (non-hydrogen) atoms. The third-order valence-corrected chi connectivity index (χ3v) is 5.33. The minimum Gasteiger partial charge on any atom is -0.495 e. The second-order valence-corrected chi connectivity index (χ2v) is 7.17. The topological polar surface area (TPSA) is 80.6 Å². The maximum atomic E-state index is 13.6. The lowest BCUT2D eigenvalue weighted by molar-refractivity contribution is -0.123. The Labute approximate surface area is 170 Å². The van der Waals surface area contributed by atoms with Crippen molar-refractivity contribution in [1.82, 2.24) is 0 Å². The van der Waals surface area contributed by atoms with E-state index in [4.69, 9.17) is 9.15 Å². The zero-order valence-electron chi connectivity index (χ0n) is 16.0. The summed E-state index contributed by atoms with van der Waals surface area (Å²) < 4.78 is 24.9. The number of para-hydroxylation sites is 1. The van der Waals surface area contributed by atoms with E-state index in [-0.39, 0.29) is 18.2 Å². The predicted octanol–water partition coefficient (Wildman–Crippen LogP) is 4.80. The number of benzene rings is 3. The molecule has 2 heterocycles. The molecule has 0 aliphatic carbocycles. The molecule has 0 spiro atoms. The van der Waals surface area contributed by atoms with Crippen molar-refractivity contribution in [2.45, 2.75) is 12.3 Å². The summed E-state index contributed by atoms with van der Waals surface area (Å²) in [6.45, 7) is 0. The minimum absolute atomic E-state index is 0.0281. The van der Waals surface area contributed by atoms with Gasteiger partial charge in [0, 0.05) is 28.9 Å². The zero-order valence-corrected chi connectivity index (χ0v) is 16.0. The summed E-state index contributed by atoms with van der Waals surface area (Å²) in [6.07, 6.45) is -0.0281. The van der Waals surface area contributed by atoms with Gasteiger partial charge in [-0.05, 0) is 29.8 Å². The van der Waals surface area contributed by atoms with Crippen molar-refractivity contribution >= 4 is 45.1 Å². The van der Waals surface area contributed by atoms with Crippen LogP contribution in [0, 0.1) is 5.82 Å². The lowest BCUT2D eigenvalue weighted by Crippen LogP contribution is -2.31. The lowest BCUT2D eigenvalue weighted by atomic mass is 9.89. The number of methoxy groups -OCH3 is 1. The van der Waals surface area contributed by atoms with Crippen LogP contribution in [0.3, 0.4) is 0 Å². The van der Waals surface area contributed by atoms with E-state index in [0.717, 1.165) is 16.4 Å². The van der Waals surface area contributed by atoms with Crippen molar-refractivity contribution in [3.8, 4) is 5.75 Å². The highest BCUT2D eigenvalue weighted by atomic mass is 19.1. The van der Waals surface area contributed by atoms with Crippen LogP contribution in [0.1, 0.15) is 17.9 Å². The number of amides is 2. The van der Waals surface area contributed by atoms with Crippen LogP contribution in [0.5, 0.6) is 5.75 Å². The number of anilines is 2. The van der Waals surface area contributed by atoms with Crippen LogP contribution < -0.4 is 15.4 Å². The summed E-state index contributed by atoms with van der Waals surface area (Å²) in [6, 6.07) is 15.2. The van der Waals surface area contributed by atoms with E-state index in [1.807, 2.05) is 30.3 Å². The lowest BCUT2D eigenvalue weighted by Gasteiger charge is -2.25. The molecule has 2 amide bonds. The van der Waals surface area contributed by atoms with Crippen LogP contribution in [0.25, 0.3) is 21.9 Å². The summed E-state index contributed by atoms with van der Waals surface area (Å²) in [5.74, 6) is -1.47. The number of carbonyl (C=O) groups is 2. The van der Waals surface area contributed by atoms with Crippen LogP contribution in [-0.4, -0.2) is 18.9 Å². The Hall–Kier alpha value is -3.87. The second-order valence-electron chi connectivity index (χ2n) is 7.17. The average Bonchev–Trinajstić information content (AvgIpc) is 3.09. The summed E-state index contributed by atoms with van der Waals surface area (Å²) in [7, 11) is 1.52. The van der Waals surface area contributed by atoms with Crippen LogP contribution in [0.15, 0.2) is 59.0 Å². The molecule has 0 radical (unpaired) electrons. The molecular weight excluding hydrogens is 387 g/mol. The van der Waals surface area contributed by atoms with Crippen molar-refractivity contribution in [1.29, 1.82) is 0 Å². The van der Waals surface area contributed by atoms with Crippen molar-refractivity contribution < 1.29 is 23.1 Å². The molecule has 6 nitrogen and oxygen atoms in total. The first-order chi connectivity index (χ1) is 14.5. The Bertz CT molecular complexity index is 1330. The fourth-order valence-electron chi connectivity index (χ4n) is 3.91. The monoisotopic (exact) mass is 404 g/mol. The molecule has 1 atom stereocenters. The van der Waals surface area contributed by atoms with E-state index >= 15 is 0 Å². The van der Waals surface area contributed by atoms with Crippen molar-refractivity contribution in [2.75, 3.05) is 17.7 Å². The molecule has 2 N–H and O–H groups in total. The highest BCUT2D eigenvalue weighted by Crippen LogP contribution is 2.38. The maximum Gasteiger partial charge on any atom is 0.232 e. The number of halogens is 1. The molecule has 1 unspecified atom stereocenters. The van der Waals surface area contributed by atoms with Crippen LogP contribution in [0.4, 0.5) is 15.8 Å². The Balaban J connectivity index is 1.53. The van der Waals surface area contributed by atoms with Gasteiger partial charge in [0.05, 0.1) is 18.7 Å². The standard InChI is InChI=1S/C23H17FN2O4/c1-29-21-9-15-14-4-2-3-5-19(14)30-20(15)11-18(21)26-23(28)16-10-22(27)25-17-8-12(24)6-7-13(16)17/h2-9,11,16H,10H2,1H3,(H,25,27)(H,26,28). The van der Waals surface area contributed by atoms with Crippen LogP contribution in [-0.2, 0) is 9.59 Å². The van der Waals surface area contributed by atoms with Gasteiger partial charge in [0.2, 0.25) is 11.8 Å². The molecule has 4 aromatic rings. The number of carbonyl (C=O) groups excluding carboxylic acids is 2. The van der Waals surface area contributed by atoms with Crippen molar-refractivity contribution in [3.05, 3.63) is 66.0 Å². The summed E-state index contributed by atoms with van der Waals surface area (Å²) in [5, 5.41) is 7.28. The number of hydrogen-bond acceptors (Lipinski definition) is 4. The zero-order chi connectivity index (χ0) is 20.8. The van der Waals surface area contributed by atoms with E-state index < -0.39 is 11.7 Å². The largest absolute Gasteiger partial charge is 0.495 e. The average molecular weight is 404 g/mol. The highest BCUT2D eigenvalue weighted by molar-refractivity contribution is 6.09. The predicted molar refractivity (Wildman–Crippen MR) is 111 cm³/mol. The normalized spacial score (nSPS) is 15.7. The molecule has 0 bridgehead atoms. The van der Waals surface area contributed by atoms with Gasteiger partial charge < -0.3 is 19.8 Å². The van der Waals surface area contributed by atoms with Crippen LogP contribution >= 0.6 is 0 Å². The summed E-state index contributed by atoms with van der Waals surface area (Å²) >= 11 is 0. The number of ether oxygens (including phenoxy) is 1. The molecule has 5 rings (SSSR count). The van der Waals surface area contributed by atoms with Gasteiger partial charge in [-0.1, -0.05) is 24.3 Å². The molecule has 1 aliphatic rings. The summed E-state index contributed by atoms with van der Waals surface area (Å²) in [4.78, 5) is 25.1. The molecule has 0 saturated heterocycles. The van der Waals surface area contributed by atoms with Crippen LogP contribution in [0.2, 0.25) is 0 Å². The molecule has 3 aromatic carbocycles. The Morgan fingerprint density at radius 2 is 1.97 bits per heavy atom. The second kappa shape index (κ2) is 6.88. The number of nitrogens with one attached hydrogen (secondary N) is 2. The highest BCUT2D eigenvalue weighted by Gasteiger charge is 2.31.